The van der Waals surface area contributed by atoms with Crippen LogP contribution in [0.15, 0.2) is 61.9 Å². The zero-order chi connectivity index (χ0) is 24.0. The van der Waals surface area contributed by atoms with Crippen molar-refractivity contribution in [1.82, 2.24) is 16.2 Å². The highest BCUT2D eigenvalue weighted by atomic mass is 79.9. The van der Waals surface area contributed by atoms with Crippen molar-refractivity contribution in [3.63, 3.8) is 0 Å². The molecule has 0 heterocycles. The lowest BCUT2D eigenvalue weighted by atomic mass is 10.1. The van der Waals surface area contributed by atoms with Crippen LogP contribution in [0.5, 0.6) is 11.5 Å². The van der Waals surface area contributed by atoms with Gasteiger partial charge in [0.2, 0.25) is 0 Å². The topological polar surface area (TPSA) is 88.7 Å². The molecule has 0 radical (unpaired) electrons. The predicted octanol–water partition coefficient (Wildman–Crippen LogP) is 4.92. The van der Waals surface area contributed by atoms with Crippen molar-refractivity contribution in [2.45, 2.75) is 6.92 Å². The first-order chi connectivity index (χ1) is 15.7. The van der Waals surface area contributed by atoms with E-state index in [0.29, 0.717) is 11.5 Å². The molecular formula is C22H18Br3N3O4S. The maximum absolute atomic E-state index is 12.1. The Bertz CT molecular complexity index is 1220. The summed E-state index contributed by atoms with van der Waals surface area (Å²) in [6, 6.07) is 15.0. The van der Waals surface area contributed by atoms with Crippen molar-refractivity contribution in [1.29, 1.82) is 0 Å². The molecule has 0 saturated heterocycles. The molecule has 0 saturated carbocycles. The van der Waals surface area contributed by atoms with Gasteiger partial charge in [-0.1, -0.05) is 34.1 Å². The summed E-state index contributed by atoms with van der Waals surface area (Å²) in [6.07, 6.45) is 0. The molecule has 0 aromatic heterocycles. The van der Waals surface area contributed by atoms with Crippen molar-refractivity contribution in [2.75, 3.05) is 13.2 Å². The quantitative estimate of drug-likeness (QED) is 0.258. The second-order valence-corrected chi connectivity index (χ2v) is 9.78. The number of nitrogens with one attached hydrogen (secondary N) is 3. The van der Waals surface area contributed by atoms with Gasteiger partial charge in [-0.15, -0.1) is 0 Å². The number of thiocarbonyl (C=S) groups is 1. The zero-order valence-corrected chi connectivity index (χ0v) is 22.8. The normalized spacial score (nSPS) is 10.4. The average molecular weight is 660 g/mol. The van der Waals surface area contributed by atoms with E-state index in [9.17, 15) is 9.59 Å². The van der Waals surface area contributed by atoms with Gasteiger partial charge in [-0.05, 0) is 97.7 Å². The summed E-state index contributed by atoms with van der Waals surface area (Å²) < 4.78 is 13.5. The molecule has 0 fully saturated rings. The molecule has 0 aliphatic heterocycles. The van der Waals surface area contributed by atoms with Crippen LogP contribution in [-0.2, 0) is 9.59 Å². The number of carbonyl (C=O) groups is 2. The number of aryl methyl sites for hydroxylation is 1. The SMILES string of the molecule is Cc1ccc(OCC(=O)NNC(=S)NC(=O)COc2ccc3cc(Br)ccc3c2Br)c(Br)c1. The van der Waals surface area contributed by atoms with Crippen LogP contribution in [0.4, 0.5) is 0 Å². The van der Waals surface area contributed by atoms with Gasteiger partial charge in [-0.25, -0.2) is 0 Å². The summed E-state index contributed by atoms with van der Waals surface area (Å²) in [7, 11) is 0. The van der Waals surface area contributed by atoms with Crippen molar-refractivity contribution in [2.24, 2.45) is 0 Å². The number of hydrazine groups is 1. The van der Waals surface area contributed by atoms with E-state index in [4.69, 9.17) is 21.7 Å². The van der Waals surface area contributed by atoms with Crippen LogP contribution in [0.25, 0.3) is 10.8 Å². The Morgan fingerprint density at radius 2 is 1.58 bits per heavy atom. The lowest BCUT2D eigenvalue weighted by molar-refractivity contribution is -0.124. The highest BCUT2D eigenvalue weighted by molar-refractivity contribution is 9.11. The summed E-state index contributed by atoms with van der Waals surface area (Å²) in [4.78, 5) is 24.1. The van der Waals surface area contributed by atoms with Crippen LogP contribution in [0.2, 0.25) is 0 Å². The maximum atomic E-state index is 12.1. The van der Waals surface area contributed by atoms with Gasteiger partial charge in [0.05, 0.1) is 8.95 Å². The van der Waals surface area contributed by atoms with Crippen molar-refractivity contribution in [3.05, 3.63) is 67.5 Å². The number of benzene rings is 3. The molecule has 0 aliphatic rings. The Morgan fingerprint density at radius 3 is 2.33 bits per heavy atom. The van der Waals surface area contributed by atoms with Crippen molar-refractivity contribution in [3.8, 4) is 11.5 Å². The van der Waals surface area contributed by atoms with E-state index in [1.54, 1.807) is 12.1 Å². The first-order valence-corrected chi connectivity index (χ1v) is 12.3. The Hall–Kier alpha value is -2.21. The molecule has 3 rings (SSSR count). The number of halogens is 3. The Labute approximate surface area is 220 Å². The van der Waals surface area contributed by atoms with Gasteiger partial charge < -0.3 is 9.47 Å². The highest BCUT2D eigenvalue weighted by Crippen LogP contribution is 2.34. The van der Waals surface area contributed by atoms with Crippen molar-refractivity contribution >= 4 is 87.7 Å². The van der Waals surface area contributed by atoms with Gasteiger partial charge in [0.15, 0.2) is 18.3 Å². The molecule has 0 atom stereocenters. The Morgan fingerprint density at radius 1 is 0.879 bits per heavy atom. The molecule has 0 unspecified atom stereocenters. The number of ether oxygens (including phenoxy) is 2. The summed E-state index contributed by atoms with van der Waals surface area (Å²) in [5.74, 6) is 0.106. The molecule has 7 nitrogen and oxygen atoms in total. The summed E-state index contributed by atoms with van der Waals surface area (Å²) in [5, 5.41) is 4.33. The van der Waals surface area contributed by atoms with Gasteiger partial charge >= 0.3 is 0 Å². The molecule has 3 aromatic carbocycles. The minimum atomic E-state index is -0.482. The molecule has 0 aliphatic carbocycles. The fourth-order valence-corrected chi connectivity index (χ4v) is 4.48. The third kappa shape index (κ3) is 7.39. The van der Waals surface area contributed by atoms with E-state index < -0.39 is 11.8 Å². The molecule has 3 aromatic rings. The fraction of sp³-hybridized carbons (Fsp3) is 0.136. The van der Waals surface area contributed by atoms with E-state index in [2.05, 4.69) is 64.0 Å². The first kappa shape index (κ1) is 25.4. The smallest absolute Gasteiger partial charge is 0.276 e. The molecular weight excluding hydrogens is 642 g/mol. The van der Waals surface area contributed by atoms with Gasteiger partial charge in [0.1, 0.15) is 11.5 Å². The number of hydrogen-bond acceptors (Lipinski definition) is 5. The van der Waals surface area contributed by atoms with Crippen molar-refractivity contribution < 1.29 is 19.1 Å². The van der Waals surface area contributed by atoms with E-state index in [1.165, 1.54) is 0 Å². The molecule has 33 heavy (non-hydrogen) atoms. The van der Waals surface area contributed by atoms with Gasteiger partial charge in [-0.3, -0.25) is 25.8 Å². The standard InChI is InChI=1S/C22H18Br3N3O4S/c1-12-2-6-17(16(24)8-12)31-11-20(30)27-28-22(33)26-19(29)10-32-18-7-3-13-9-14(23)4-5-15(13)21(18)25/h2-9H,10-11H2,1H3,(H,27,30)(H2,26,28,29,33). The summed E-state index contributed by atoms with van der Waals surface area (Å²) >= 11 is 15.4. The van der Waals surface area contributed by atoms with Crippen LogP contribution in [-0.4, -0.2) is 30.1 Å². The second-order valence-electron chi connectivity index (χ2n) is 6.80. The molecule has 3 N–H and O–H groups in total. The Balaban J connectivity index is 1.42. The lowest BCUT2D eigenvalue weighted by Gasteiger charge is -2.13. The van der Waals surface area contributed by atoms with Gasteiger partial charge in [0.25, 0.3) is 11.8 Å². The number of amides is 2. The fourth-order valence-electron chi connectivity index (χ4n) is 2.72. The first-order valence-electron chi connectivity index (χ1n) is 9.51. The monoisotopic (exact) mass is 657 g/mol. The van der Waals surface area contributed by atoms with E-state index >= 15 is 0 Å². The molecule has 172 valence electrons. The molecule has 2 amide bonds. The number of hydrogen-bond donors (Lipinski definition) is 3. The Kier molecular flexibility index (Phi) is 9.07. The van der Waals surface area contributed by atoms with Crippen LogP contribution < -0.4 is 25.6 Å². The van der Waals surface area contributed by atoms with E-state index in [-0.39, 0.29) is 18.3 Å². The minimum Gasteiger partial charge on any atom is -0.483 e. The van der Waals surface area contributed by atoms with E-state index in [0.717, 1.165) is 29.8 Å². The second kappa shape index (κ2) is 11.8. The maximum Gasteiger partial charge on any atom is 0.276 e. The zero-order valence-electron chi connectivity index (χ0n) is 17.2. The van der Waals surface area contributed by atoms with Crippen LogP contribution in [0.3, 0.4) is 0 Å². The number of fused-ring (bicyclic) bond motifs is 1. The highest BCUT2D eigenvalue weighted by Gasteiger charge is 2.11. The van der Waals surface area contributed by atoms with Crippen LogP contribution in [0, 0.1) is 6.92 Å². The molecule has 11 heteroatoms. The lowest BCUT2D eigenvalue weighted by Crippen LogP contribution is -2.50. The summed E-state index contributed by atoms with van der Waals surface area (Å²) in [5.41, 5.74) is 5.87. The minimum absolute atomic E-state index is 0.0732. The predicted molar refractivity (Wildman–Crippen MR) is 141 cm³/mol. The number of rotatable bonds is 6. The van der Waals surface area contributed by atoms with Gasteiger partial charge in [0, 0.05) is 4.47 Å². The van der Waals surface area contributed by atoms with Gasteiger partial charge in [-0.2, -0.15) is 0 Å². The third-order valence-electron chi connectivity index (χ3n) is 4.25. The van der Waals surface area contributed by atoms with Crippen LogP contribution >= 0.6 is 60.0 Å². The third-order valence-corrected chi connectivity index (χ3v) is 6.39. The average Bonchev–Trinajstić information content (AvgIpc) is 2.76. The molecule has 0 spiro atoms. The molecule has 0 bridgehead atoms. The number of carbonyl (C=O) groups excluding carboxylic acids is 2. The largest absolute Gasteiger partial charge is 0.483 e. The van der Waals surface area contributed by atoms with Crippen LogP contribution in [0.1, 0.15) is 5.56 Å². The summed E-state index contributed by atoms with van der Waals surface area (Å²) in [6.45, 7) is 1.45. The van der Waals surface area contributed by atoms with E-state index in [1.807, 2.05) is 43.3 Å².